The summed E-state index contributed by atoms with van der Waals surface area (Å²) in [6, 6.07) is 8.08. The van der Waals surface area contributed by atoms with E-state index < -0.39 is 0 Å². The van der Waals surface area contributed by atoms with Gasteiger partial charge in [-0.3, -0.25) is 4.98 Å². The first kappa shape index (κ1) is 13.5. The predicted octanol–water partition coefficient (Wildman–Crippen LogP) is 3.38. The molecule has 4 heteroatoms. The van der Waals surface area contributed by atoms with Crippen LogP contribution < -0.4 is 11.1 Å². The maximum absolute atomic E-state index is 5.60. The van der Waals surface area contributed by atoms with Crippen molar-refractivity contribution in [3.05, 3.63) is 52.8 Å². The van der Waals surface area contributed by atoms with Crippen LogP contribution in [0, 0.1) is 20.8 Å². The Labute approximate surface area is 118 Å². The molecule has 0 aliphatic rings. The molecule has 0 radical (unpaired) electrons. The van der Waals surface area contributed by atoms with Crippen molar-refractivity contribution in [3.8, 4) is 0 Å². The Morgan fingerprint density at radius 3 is 2.37 bits per heavy atom. The van der Waals surface area contributed by atoms with E-state index in [2.05, 4.69) is 43.2 Å². The summed E-state index contributed by atoms with van der Waals surface area (Å²) in [5.41, 5.74) is 12.0. The van der Waals surface area contributed by atoms with Gasteiger partial charge < -0.3 is 11.1 Å². The van der Waals surface area contributed by atoms with Crippen LogP contribution in [0.4, 0.5) is 11.4 Å². The molecule has 19 heavy (non-hydrogen) atoms. The molecule has 0 fully saturated rings. The van der Waals surface area contributed by atoms with Crippen LogP contribution in [-0.4, -0.2) is 9.97 Å². The molecule has 1 heterocycles. The van der Waals surface area contributed by atoms with Crippen molar-refractivity contribution in [2.45, 2.75) is 20.8 Å². The minimum Gasteiger partial charge on any atom is -0.388 e. The zero-order chi connectivity index (χ0) is 14.0. The number of hydrogen-bond acceptors (Lipinski definition) is 3. The SMILES string of the molecule is Cc1cc(C)c(Nc2ccnc(C(N)=S)c2)c(C)c1. The summed E-state index contributed by atoms with van der Waals surface area (Å²) in [7, 11) is 0. The maximum Gasteiger partial charge on any atom is 0.122 e. The molecule has 2 rings (SSSR count). The summed E-state index contributed by atoms with van der Waals surface area (Å²) in [4.78, 5) is 4.44. The van der Waals surface area contributed by atoms with Crippen molar-refractivity contribution in [1.29, 1.82) is 0 Å². The molecule has 0 amide bonds. The monoisotopic (exact) mass is 271 g/mol. The number of thiocarbonyl (C=S) groups is 1. The molecule has 98 valence electrons. The highest BCUT2D eigenvalue weighted by molar-refractivity contribution is 7.80. The summed E-state index contributed by atoms with van der Waals surface area (Å²) < 4.78 is 0. The smallest absolute Gasteiger partial charge is 0.122 e. The zero-order valence-corrected chi connectivity index (χ0v) is 12.1. The third kappa shape index (κ3) is 3.09. The topological polar surface area (TPSA) is 50.9 Å². The number of pyridine rings is 1. The fourth-order valence-corrected chi connectivity index (χ4v) is 2.28. The Morgan fingerprint density at radius 2 is 1.79 bits per heavy atom. The number of anilines is 2. The van der Waals surface area contributed by atoms with Gasteiger partial charge in [-0.2, -0.15) is 0 Å². The minimum atomic E-state index is 0.306. The average molecular weight is 271 g/mol. The van der Waals surface area contributed by atoms with Crippen molar-refractivity contribution in [2.75, 3.05) is 5.32 Å². The van der Waals surface area contributed by atoms with E-state index in [0.717, 1.165) is 11.4 Å². The number of nitrogens with two attached hydrogens (primary N) is 1. The molecule has 0 spiro atoms. The molecule has 1 aromatic heterocycles. The van der Waals surface area contributed by atoms with Gasteiger partial charge in [-0.1, -0.05) is 29.9 Å². The molecule has 3 nitrogen and oxygen atoms in total. The molecule has 2 aromatic rings. The molecule has 3 N–H and O–H groups in total. The van der Waals surface area contributed by atoms with Crippen LogP contribution in [-0.2, 0) is 0 Å². The third-order valence-corrected chi connectivity index (χ3v) is 3.17. The summed E-state index contributed by atoms with van der Waals surface area (Å²) in [6.07, 6.45) is 1.70. The highest BCUT2D eigenvalue weighted by Crippen LogP contribution is 2.25. The van der Waals surface area contributed by atoms with Gasteiger partial charge in [0, 0.05) is 17.6 Å². The van der Waals surface area contributed by atoms with Gasteiger partial charge in [0.1, 0.15) is 4.99 Å². The van der Waals surface area contributed by atoms with E-state index in [-0.39, 0.29) is 0 Å². The summed E-state index contributed by atoms with van der Waals surface area (Å²) in [6.45, 7) is 6.29. The predicted molar refractivity (Wildman–Crippen MR) is 84.1 cm³/mol. The van der Waals surface area contributed by atoms with Crippen molar-refractivity contribution in [1.82, 2.24) is 4.98 Å². The lowest BCUT2D eigenvalue weighted by atomic mass is 10.0. The maximum atomic E-state index is 5.60. The number of nitrogens with zero attached hydrogens (tertiary/aromatic N) is 1. The van der Waals surface area contributed by atoms with Crippen LogP contribution in [0.2, 0.25) is 0 Å². The number of hydrogen-bond donors (Lipinski definition) is 2. The van der Waals surface area contributed by atoms with Crippen LogP contribution in [0.25, 0.3) is 0 Å². The van der Waals surface area contributed by atoms with Gasteiger partial charge in [0.15, 0.2) is 0 Å². The van der Waals surface area contributed by atoms with Crippen molar-refractivity contribution in [3.63, 3.8) is 0 Å². The molecule has 0 unspecified atom stereocenters. The van der Waals surface area contributed by atoms with Gasteiger partial charge in [0.25, 0.3) is 0 Å². The first-order valence-electron chi connectivity index (χ1n) is 6.08. The molecule has 0 saturated carbocycles. The van der Waals surface area contributed by atoms with Crippen LogP contribution in [0.15, 0.2) is 30.5 Å². The fraction of sp³-hybridized carbons (Fsp3) is 0.200. The van der Waals surface area contributed by atoms with Crippen LogP contribution in [0.5, 0.6) is 0 Å². The first-order chi connectivity index (χ1) is 8.97. The average Bonchev–Trinajstić information content (AvgIpc) is 2.34. The van der Waals surface area contributed by atoms with Gasteiger partial charge in [-0.15, -0.1) is 0 Å². The number of benzene rings is 1. The van der Waals surface area contributed by atoms with Gasteiger partial charge in [-0.05, 0) is 44.0 Å². The molecular formula is C15H17N3S. The van der Waals surface area contributed by atoms with E-state index in [0.29, 0.717) is 10.7 Å². The first-order valence-corrected chi connectivity index (χ1v) is 6.49. The lowest BCUT2D eigenvalue weighted by molar-refractivity contribution is 1.27. The lowest BCUT2D eigenvalue weighted by Gasteiger charge is -2.14. The second kappa shape index (κ2) is 5.36. The molecule has 0 saturated heterocycles. The molecular weight excluding hydrogens is 254 g/mol. The van der Waals surface area contributed by atoms with Crippen molar-refractivity contribution >= 4 is 28.6 Å². The van der Waals surface area contributed by atoms with E-state index in [9.17, 15) is 0 Å². The number of rotatable bonds is 3. The zero-order valence-electron chi connectivity index (χ0n) is 11.3. The highest BCUT2D eigenvalue weighted by Gasteiger charge is 2.05. The van der Waals surface area contributed by atoms with Gasteiger partial charge in [0.2, 0.25) is 0 Å². The van der Waals surface area contributed by atoms with E-state index in [1.54, 1.807) is 6.20 Å². The Bertz CT molecular complexity index is 612. The molecule has 0 aliphatic carbocycles. The van der Waals surface area contributed by atoms with Crippen LogP contribution in [0.3, 0.4) is 0 Å². The molecule has 0 bridgehead atoms. The minimum absolute atomic E-state index is 0.306. The van der Waals surface area contributed by atoms with Gasteiger partial charge in [0.05, 0.1) is 5.69 Å². The summed E-state index contributed by atoms with van der Waals surface area (Å²) in [5.74, 6) is 0. The van der Waals surface area contributed by atoms with Crippen LogP contribution >= 0.6 is 12.2 Å². The third-order valence-electron chi connectivity index (χ3n) is 2.96. The fourth-order valence-electron chi connectivity index (χ4n) is 2.16. The molecule has 1 aromatic carbocycles. The summed E-state index contributed by atoms with van der Waals surface area (Å²) >= 11 is 4.94. The number of nitrogens with one attached hydrogen (secondary N) is 1. The van der Waals surface area contributed by atoms with Crippen molar-refractivity contribution in [2.24, 2.45) is 5.73 Å². The van der Waals surface area contributed by atoms with E-state index >= 15 is 0 Å². The Morgan fingerprint density at radius 1 is 1.16 bits per heavy atom. The summed E-state index contributed by atoms with van der Waals surface area (Å²) in [5, 5.41) is 3.41. The Balaban J connectivity index is 2.36. The van der Waals surface area contributed by atoms with Crippen molar-refractivity contribution < 1.29 is 0 Å². The van der Waals surface area contributed by atoms with E-state index in [1.807, 2.05) is 12.1 Å². The number of aryl methyl sites for hydroxylation is 3. The standard InChI is InChI=1S/C15H17N3S/c1-9-6-10(2)14(11(3)7-9)18-12-4-5-17-13(8-12)15(16)19/h4-8H,1-3H3,(H2,16,19)(H,17,18). The van der Waals surface area contributed by atoms with E-state index in [4.69, 9.17) is 18.0 Å². The number of aromatic nitrogens is 1. The molecule has 0 atom stereocenters. The quantitative estimate of drug-likeness (QED) is 0.840. The Kier molecular flexibility index (Phi) is 3.81. The van der Waals surface area contributed by atoms with Gasteiger partial charge >= 0.3 is 0 Å². The highest BCUT2D eigenvalue weighted by atomic mass is 32.1. The second-order valence-corrected chi connectivity index (χ2v) is 5.13. The van der Waals surface area contributed by atoms with Crippen LogP contribution in [0.1, 0.15) is 22.4 Å². The normalized spacial score (nSPS) is 10.3. The second-order valence-electron chi connectivity index (χ2n) is 4.69. The molecule has 0 aliphatic heterocycles. The largest absolute Gasteiger partial charge is 0.388 e. The lowest BCUT2D eigenvalue weighted by Crippen LogP contribution is -2.11. The van der Waals surface area contributed by atoms with Gasteiger partial charge in [-0.25, -0.2) is 0 Å². The Hall–Kier alpha value is -1.94. The van der Waals surface area contributed by atoms with E-state index in [1.165, 1.54) is 16.7 Å².